The smallest absolute Gasteiger partial charge is 0.121 e. The maximum absolute atomic E-state index is 10.4. The molecule has 1 aliphatic heterocycles. The van der Waals surface area contributed by atoms with Crippen molar-refractivity contribution in [2.24, 2.45) is 0 Å². The topological polar surface area (TPSA) is 90.2 Å². The lowest BCUT2D eigenvalue weighted by molar-refractivity contribution is -0.230. The number of aryl methyl sites for hydroxylation is 2. The highest BCUT2D eigenvalue weighted by Gasteiger charge is 2.44. The van der Waals surface area contributed by atoms with Gasteiger partial charge in [0.05, 0.1) is 6.61 Å². The zero-order valence-electron chi connectivity index (χ0n) is 15.3. The van der Waals surface area contributed by atoms with Gasteiger partial charge in [0.1, 0.15) is 30.5 Å². The maximum Gasteiger partial charge on any atom is 0.121 e. The first-order chi connectivity index (χ1) is 13.6. The number of aliphatic hydroxyl groups excluding tert-OH is 4. The lowest BCUT2D eigenvalue weighted by Gasteiger charge is -2.39. The van der Waals surface area contributed by atoms with Crippen LogP contribution in [0.15, 0.2) is 54.6 Å². The summed E-state index contributed by atoms with van der Waals surface area (Å²) in [5, 5.41) is 41.0. The van der Waals surface area contributed by atoms with Crippen LogP contribution in [0.25, 0.3) is 10.1 Å². The van der Waals surface area contributed by atoms with Gasteiger partial charge in [0.2, 0.25) is 0 Å². The Hall–Kier alpha value is -1.80. The van der Waals surface area contributed by atoms with Crippen LogP contribution in [0.2, 0.25) is 0 Å². The second kappa shape index (κ2) is 8.29. The summed E-state index contributed by atoms with van der Waals surface area (Å²) < 4.78 is 6.80. The molecular formula is C22H24O5S. The molecule has 5 nitrogen and oxygen atoms in total. The molecule has 1 aromatic heterocycles. The minimum absolute atomic E-state index is 0.422. The molecule has 0 radical (unpaired) electrons. The van der Waals surface area contributed by atoms with Crippen molar-refractivity contribution in [1.82, 2.24) is 0 Å². The average Bonchev–Trinajstić information content (AvgIpc) is 3.16. The van der Waals surface area contributed by atoms with E-state index in [1.165, 1.54) is 22.5 Å². The molecule has 6 heteroatoms. The number of rotatable bonds is 5. The van der Waals surface area contributed by atoms with Gasteiger partial charge in [0, 0.05) is 9.58 Å². The number of aliphatic hydroxyl groups is 4. The van der Waals surface area contributed by atoms with Gasteiger partial charge in [-0.25, -0.2) is 0 Å². The van der Waals surface area contributed by atoms with Gasteiger partial charge < -0.3 is 25.2 Å². The molecule has 28 heavy (non-hydrogen) atoms. The Morgan fingerprint density at radius 2 is 1.64 bits per heavy atom. The predicted octanol–water partition coefficient (Wildman–Crippen LogP) is 2.20. The molecule has 4 N–H and O–H groups in total. The van der Waals surface area contributed by atoms with Crippen LogP contribution < -0.4 is 0 Å². The van der Waals surface area contributed by atoms with Gasteiger partial charge in [0.25, 0.3) is 0 Å². The van der Waals surface area contributed by atoms with E-state index in [9.17, 15) is 20.4 Å². The monoisotopic (exact) mass is 400 g/mol. The summed E-state index contributed by atoms with van der Waals surface area (Å²) in [4.78, 5) is 0.777. The highest BCUT2D eigenvalue weighted by atomic mass is 32.1. The molecule has 3 aromatic rings. The van der Waals surface area contributed by atoms with E-state index in [1.807, 2.05) is 36.4 Å². The van der Waals surface area contributed by atoms with Gasteiger partial charge in [-0.1, -0.05) is 42.5 Å². The van der Waals surface area contributed by atoms with E-state index >= 15 is 0 Å². The summed E-state index contributed by atoms with van der Waals surface area (Å²) in [6.07, 6.45) is -3.80. The Morgan fingerprint density at radius 1 is 0.857 bits per heavy atom. The summed E-state index contributed by atoms with van der Waals surface area (Å²) in [5.74, 6) is 0. The summed E-state index contributed by atoms with van der Waals surface area (Å²) in [6, 6.07) is 18.5. The molecule has 2 aromatic carbocycles. The quantitative estimate of drug-likeness (QED) is 0.527. The normalized spacial score (nSPS) is 27.9. The van der Waals surface area contributed by atoms with Gasteiger partial charge in [0.15, 0.2) is 0 Å². The Labute approximate surface area is 167 Å². The molecule has 1 aliphatic rings. The Balaban J connectivity index is 1.61. The van der Waals surface area contributed by atoms with Crippen LogP contribution in [0.4, 0.5) is 0 Å². The summed E-state index contributed by atoms with van der Waals surface area (Å²) >= 11 is 1.50. The number of benzene rings is 2. The van der Waals surface area contributed by atoms with E-state index in [2.05, 4.69) is 18.2 Å². The van der Waals surface area contributed by atoms with E-state index in [0.717, 1.165) is 27.8 Å². The van der Waals surface area contributed by atoms with Crippen LogP contribution >= 0.6 is 11.3 Å². The van der Waals surface area contributed by atoms with Crippen molar-refractivity contribution in [1.29, 1.82) is 0 Å². The van der Waals surface area contributed by atoms with Gasteiger partial charge in [-0.3, -0.25) is 0 Å². The first kappa shape index (κ1) is 19.5. The molecule has 0 saturated carbocycles. The largest absolute Gasteiger partial charge is 0.394 e. The molecule has 4 rings (SSSR count). The van der Waals surface area contributed by atoms with E-state index in [1.54, 1.807) is 0 Å². The third-order valence-electron chi connectivity index (χ3n) is 5.37. The molecule has 2 heterocycles. The Morgan fingerprint density at radius 3 is 2.39 bits per heavy atom. The molecular weight excluding hydrogens is 376 g/mol. The van der Waals surface area contributed by atoms with E-state index in [0.29, 0.717) is 0 Å². The lowest BCUT2D eigenvalue weighted by atomic mass is 9.94. The number of hydrogen-bond acceptors (Lipinski definition) is 6. The zero-order chi connectivity index (χ0) is 19.7. The molecule has 0 unspecified atom stereocenters. The molecule has 5 atom stereocenters. The Bertz CT molecular complexity index is 923. The van der Waals surface area contributed by atoms with Crippen molar-refractivity contribution in [3.8, 4) is 0 Å². The summed E-state index contributed by atoms with van der Waals surface area (Å²) in [7, 11) is 0. The van der Waals surface area contributed by atoms with Gasteiger partial charge in [-0.15, -0.1) is 11.3 Å². The summed E-state index contributed by atoms with van der Waals surface area (Å²) in [5.41, 5.74) is 2.50. The van der Waals surface area contributed by atoms with Crippen LogP contribution in [0.5, 0.6) is 0 Å². The molecule has 0 bridgehead atoms. The van der Waals surface area contributed by atoms with Gasteiger partial charge in [-0.2, -0.15) is 0 Å². The van der Waals surface area contributed by atoms with Crippen molar-refractivity contribution >= 4 is 21.4 Å². The second-order valence-corrected chi connectivity index (χ2v) is 8.33. The number of thiophene rings is 1. The lowest BCUT2D eigenvalue weighted by Crippen LogP contribution is -2.55. The highest BCUT2D eigenvalue weighted by molar-refractivity contribution is 7.19. The number of ether oxygens (including phenoxy) is 1. The van der Waals surface area contributed by atoms with E-state index in [4.69, 9.17) is 4.74 Å². The molecule has 1 fully saturated rings. The molecule has 0 amide bonds. The minimum atomic E-state index is -1.36. The fraction of sp³-hybridized carbons (Fsp3) is 0.364. The first-order valence-corrected chi connectivity index (χ1v) is 10.3. The number of hydrogen-bond donors (Lipinski definition) is 4. The number of fused-ring (bicyclic) bond motifs is 1. The third kappa shape index (κ3) is 3.72. The van der Waals surface area contributed by atoms with E-state index < -0.39 is 37.1 Å². The summed E-state index contributed by atoms with van der Waals surface area (Å²) in [6.45, 7) is -0.422. The van der Waals surface area contributed by atoms with Crippen LogP contribution in [-0.4, -0.2) is 51.4 Å². The SMILES string of the molecule is OC[C@H]1O[C@@H](c2cc3c(CCc4ccccc4)cccc3s2)[C@H](O)[C@@H](O)[C@@H]1O. The fourth-order valence-corrected chi connectivity index (χ4v) is 4.95. The van der Waals surface area contributed by atoms with Crippen LogP contribution in [0.3, 0.4) is 0 Å². The molecule has 148 valence electrons. The fourth-order valence-electron chi connectivity index (χ4n) is 3.76. The molecule has 1 saturated heterocycles. The predicted molar refractivity (Wildman–Crippen MR) is 108 cm³/mol. The van der Waals surface area contributed by atoms with Crippen LogP contribution in [-0.2, 0) is 17.6 Å². The highest BCUT2D eigenvalue weighted by Crippen LogP contribution is 2.39. The van der Waals surface area contributed by atoms with Gasteiger partial charge in [-0.05, 0) is 41.5 Å². The maximum atomic E-state index is 10.4. The van der Waals surface area contributed by atoms with Crippen molar-refractivity contribution < 1.29 is 25.2 Å². The van der Waals surface area contributed by atoms with Crippen molar-refractivity contribution in [3.63, 3.8) is 0 Å². The van der Waals surface area contributed by atoms with Crippen LogP contribution in [0, 0.1) is 0 Å². The van der Waals surface area contributed by atoms with Crippen molar-refractivity contribution in [2.45, 2.75) is 43.4 Å². The van der Waals surface area contributed by atoms with Crippen molar-refractivity contribution in [2.75, 3.05) is 6.61 Å². The first-order valence-electron chi connectivity index (χ1n) is 9.44. The van der Waals surface area contributed by atoms with Crippen LogP contribution in [0.1, 0.15) is 22.1 Å². The standard InChI is InChI=1S/C22H24O5S/c23-12-16-19(24)20(25)21(26)22(27-16)18-11-15-14(7-4-8-17(15)28-18)10-9-13-5-2-1-3-6-13/h1-8,11,16,19-26H,9-10,12H2/t16-,19-,20+,21-,22+/m1/s1. The molecule has 0 aliphatic carbocycles. The van der Waals surface area contributed by atoms with E-state index in [-0.39, 0.29) is 0 Å². The zero-order valence-corrected chi connectivity index (χ0v) is 16.1. The Kier molecular flexibility index (Phi) is 5.78. The second-order valence-electron chi connectivity index (χ2n) is 7.21. The minimum Gasteiger partial charge on any atom is -0.394 e. The average molecular weight is 400 g/mol. The molecule has 0 spiro atoms. The third-order valence-corrected chi connectivity index (χ3v) is 6.53. The van der Waals surface area contributed by atoms with Gasteiger partial charge >= 0.3 is 0 Å². The van der Waals surface area contributed by atoms with Crippen molar-refractivity contribution in [3.05, 3.63) is 70.6 Å².